The molecule has 4 heteroatoms. The second-order valence-electron chi connectivity index (χ2n) is 3.90. The summed E-state index contributed by atoms with van der Waals surface area (Å²) in [6, 6.07) is 3.51. The molecule has 0 unspecified atom stereocenters. The van der Waals surface area contributed by atoms with E-state index in [1.165, 1.54) is 0 Å². The molecule has 0 fully saturated rings. The molecule has 0 aliphatic rings. The highest BCUT2D eigenvalue weighted by Crippen LogP contribution is 2.25. The summed E-state index contributed by atoms with van der Waals surface area (Å²) >= 11 is 0. The van der Waals surface area contributed by atoms with Crippen molar-refractivity contribution >= 4 is 0 Å². The van der Waals surface area contributed by atoms with Crippen LogP contribution in [0.25, 0.3) is 0 Å². The van der Waals surface area contributed by atoms with Gasteiger partial charge in [-0.25, -0.2) is 5.90 Å². The van der Waals surface area contributed by atoms with E-state index in [-0.39, 0.29) is 0 Å². The fourth-order valence-electron chi connectivity index (χ4n) is 1.55. The van der Waals surface area contributed by atoms with Gasteiger partial charge >= 0.3 is 0 Å². The summed E-state index contributed by atoms with van der Waals surface area (Å²) in [5, 5.41) is 9.73. The Kier molecular flexibility index (Phi) is 4.08. The van der Waals surface area contributed by atoms with Gasteiger partial charge < -0.3 is 10.0 Å². The largest absolute Gasteiger partial charge is 0.508 e. The van der Waals surface area contributed by atoms with Crippen LogP contribution >= 0.6 is 0 Å². The standard InChI is InChI=1S/C11H18N2O2/c1-8-9(7-15-12)4-5-11(14)10(8)6-13(2)3/h4-5,14H,6-7,12H2,1-3H3. The maximum Gasteiger partial charge on any atom is 0.120 e. The Bertz CT molecular complexity index is 338. The van der Waals surface area contributed by atoms with Crippen LogP contribution in [0.2, 0.25) is 0 Å². The van der Waals surface area contributed by atoms with Crippen molar-refractivity contribution in [2.45, 2.75) is 20.1 Å². The van der Waals surface area contributed by atoms with E-state index in [1.54, 1.807) is 6.07 Å². The van der Waals surface area contributed by atoms with Crippen LogP contribution in [0.3, 0.4) is 0 Å². The fourth-order valence-corrected chi connectivity index (χ4v) is 1.55. The summed E-state index contributed by atoms with van der Waals surface area (Å²) in [7, 11) is 3.93. The highest BCUT2D eigenvalue weighted by Gasteiger charge is 2.10. The average Bonchev–Trinajstić information content (AvgIpc) is 2.17. The number of nitrogens with two attached hydrogens (primary N) is 1. The van der Waals surface area contributed by atoms with Crippen LogP contribution in [0.1, 0.15) is 16.7 Å². The molecule has 0 bridgehead atoms. The Labute approximate surface area is 90.2 Å². The predicted molar refractivity (Wildman–Crippen MR) is 59.2 cm³/mol. The van der Waals surface area contributed by atoms with Crippen LogP contribution in [0.4, 0.5) is 0 Å². The molecular formula is C11H18N2O2. The molecule has 0 spiro atoms. The molecule has 84 valence electrons. The van der Waals surface area contributed by atoms with E-state index in [0.717, 1.165) is 16.7 Å². The van der Waals surface area contributed by atoms with E-state index in [1.807, 2.05) is 32.0 Å². The van der Waals surface area contributed by atoms with E-state index in [0.29, 0.717) is 18.9 Å². The summed E-state index contributed by atoms with van der Waals surface area (Å²) in [6.07, 6.45) is 0. The topological polar surface area (TPSA) is 58.7 Å². The second-order valence-corrected chi connectivity index (χ2v) is 3.90. The van der Waals surface area contributed by atoms with Gasteiger partial charge in [0.05, 0.1) is 6.61 Å². The molecule has 1 aromatic rings. The Morgan fingerprint density at radius 3 is 2.60 bits per heavy atom. The maximum atomic E-state index is 9.73. The fraction of sp³-hybridized carbons (Fsp3) is 0.455. The third-order valence-electron chi connectivity index (χ3n) is 2.40. The minimum Gasteiger partial charge on any atom is -0.508 e. The molecule has 1 rings (SSSR count). The first-order chi connectivity index (χ1) is 7.06. The van der Waals surface area contributed by atoms with E-state index in [9.17, 15) is 5.11 Å². The van der Waals surface area contributed by atoms with Crippen molar-refractivity contribution in [3.8, 4) is 5.75 Å². The molecule has 0 saturated carbocycles. The highest BCUT2D eigenvalue weighted by molar-refractivity contribution is 5.43. The summed E-state index contributed by atoms with van der Waals surface area (Å²) in [4.78, 5) is 6.62. The van der Waals surface area contributed by atoms with Crippen LogP contribution in [0, 0.1) is 6.92 Å². The normalized spacial score (nSPS) is 11.0. The van der Waals surface area contributed by atoms with Gasteiger partial charge in [-0.15, -0.1) is 0 Å². The van der Waals surface area contributed by atoms with Crippen LogP contribution in [0.15, 0.2) is 12.1 Å². The quantitative estimate of drug-likeness (QED) is 0.732. The zero-order valence-corrected chi connectivity index (χ0v) is 9.45. The van der Waals surface area contributed by atoms with Crippen molar-refractivity contribution in [1.29, 1.82) is 0 Å². The van der Waals surface area contributed by atoms with Gasteiger partial charge in [-0.2, -0.15) is 0 Å². The lowest BCUT2D eigenvalue weighted by atomic mass is 10.0. The lowest BCUT2D eigenvalue weighted by Crippen LogP contribution is -2.13. The van der Waals surface area contributed by atoms with Gasteiger partial charge in [-0.05, 0) is 38.2 Å². The zero-order valence-electron chi connectivity index (χ0n) is 9.45. The number of benzene rings is 1. The number of hydrogen-bond acceptors (Lipinski definition) is 4. The number of phenols is 1. The molecule has 4 nitrogen and oxygen atoms in total. The summed E-state index contributed by atoms with van der Waals surface area (Å²) < 4.78 is 0. The molecule has 0 aromatic heterocycles. The predicted octanol–water partition coefficient (Wildman–Crippen LogP) is 1.15. The van der Waals surface area contributed by atoms with Crippen LogP contribution in [-0.4, -0.2) is 24.1 Å². The number of phenolic OH excluding ortho intramolecular Hbond substituents is 1. The molecule has 0 heterocycles. The average molecular weight is 210 g/mol. The molecule has 15 heavy (non-hydrogen) atoms. The van der Waals surface area contributed by atoms with Crippen molar-refractivity contribution in [2.75, 3.05) is 14.1 Å². The summed E-state index contributed by atoms with van der Waals surface area (Å²) in [5.74, 6) is 5.37. The van der Waals surface area contributed by atoms with Gasteiger partial charge in [0.1, 0.15) is 5.75 Å². The highest BCUT2D eigenvalue weighted by atomic mass is 16.6. The molecule has 0 radical (unpaired) electrons. The molecule has 0 amide bonds. The van der Waals surface area contributed by atoms with Crippen molar-refractivity contribution in [2.24, 2.45) is 5.90 Å². The van der Waals surface area contributed by atoms with Gasteiger partial charge in [0.2, 0.25) is 0 Å². The first-order valence-corrected chi connectivity index (χ1v) is 4.83. The number of hydrogen-bond donors (Lipinski definition) is 2. The van der Waals surface area contributed by atoms with Crippen molar-refractivity contribution in [1.82, 2.24) is 4.90 Å². The Morgan fingerprint density at radius 2 is 2.07 bits per heavy atom. The third kappa shape index (κ3) is 2.92. The monoisotopic (exact) mass is 210 g/mol. The van der Waals surface area contributed by atoms with Gasteiger partial charge in [-0.3, -0.25) is 4.84 Å². The number of rotatable bonds is 4. The lowest BCUT2D eigenvalue weighted by Gasteiger charge is -2.16. The second kappa shape index (κ2) is 5.11. The molecule has 0 atom stereocenters. The SMILES string of the molecule is Cc1c(CON)ccc(O)c1CN(C)C. The molecule has 0 saturated heterocycles. The summed E-state index contributed by atoms with van der Waals surface area (Å²) in [5.41, 5.74) is 2.97. The van der Waals surface area contributed by atoms with E-state index in [2.05, 4.69) is 4.84 Å². The molecular weight excluding hydrogens is 192 g/mol. The van der Waals surface area contributed by atoms with Crippen molar-refractivity contribution in [3.63, 3.8) is 0 Å². The molecule has 0 aliphatic carbocycles. The van der Waals surface area contributed by atoms with E-state index >= 15 is 0 Å². The Balaban J connectivity index is 3.06. The smallest absolute Gasteiger partial charge is 0.120 e. The number of aromatic hydroxyl groups is 1. The minimum atomic E-state index is 0.321. The minimum absolute atomic E-state index is 0.321. The Morgan fingerprint density at radius 1 is 1.40 bits per heavy atom. The van der Waals surface area contributed by atoms with Crippen LogP contribution < -0.4 is 5.90 Å². The van der Waals surface area contributed by atoms with Gasteiger partial charge in [0.15, 0.2) is 0 Å². The molecule has 3 N–H and O–H groups in total. The van der Waals surface area contributed by atoms with Crippen LogP contribution in [0.5, 0.6) is 5.75 Å². The van der Waals surface area contributed by atoms with Gasteiger partial charge in [0.25, 0.3) is 0 Å². The Hall–Kier alpha value is -1.10. The molecule has 1 aromatic carbocycles. The van der Waals surface area contributed by atoms with E-state index in [4.69, 9.17) is 5.90 Å². The van der Waals surface area contributed by atoms with Gasteiger partial charge in [0, 0.05) is 12.1 Å². The maximum absolute atomic E-state index is 9.73. The zero-order chi connectivity index (χ0) is 11.4. The first-order valence-electron chi connectivity index (χ1n) is 4.83. The van der Waals surface area contributed by atoms with Crippen molar-refractivity contribution < 1.29 is 9.94 Å². The first kappa shape index (κ1) is 12.0. The number of nitrogens with zero attached hydrogens (tertiary/aromatic N) is 1. The molecule has 0 aliphatic heterocycles. The van der Waals surface area contributed by atoms with E-state index < -0.39 is 0 Å². The van der Waals surface area contributed by atoms with Crippen molar-refractivity contribution in [3.05, 3.63) is 28.8 Å². The third-order valence-corrected chi connectivity index (χ3v) is 2.40. The van der Waals surface area contributed by atoms with Gasteiger partial charge in [-0.1, -0.05) is 6.07 Å². The lowest BCUT2D eigenvalue weighted by molar-refractivity contribution is 0.123. The van der Waals surface area contributed by atoms with Crippen LogP contribution in [-0.2, 0) is 18.0 Å². The summed E-state index contributed by atoms with van der Waals surface area (Å²) in [6.45, 7) is 3.04.